The highest BCUT2D eigenvalue weighted by molar-refractivity contribution is 5.74. The van der Waals surface area contributed by atoms with Crippen molar-refractivity contribution in [1.82, 2.24) is 25.4 Å². The van der Waals surface area contributed by atoms with Crippen molar-refractivity contribution in [2.24, 2.45) is 11.8 Å². The lowest BCUT2D eigenvalue weighted by Gasteiger charge is -2.33. The zero-order chi connectivity index (χ0) is 17.6. The highest BCUT2D eigenvalue weighted by Gasteiger charge is 2.26. The minimum absolute atomic E-state index is 0.0218. The normalized spacial score (nSPS) is 26.6. The number of hydrogen-bond donors (Lipinski definition) is 2. The van der Waals surface area contributed by atoms with E-state index in [2.05, 4.69) is 39.2 Å². The van der Waals surface area contributed by atoms with Crippen molar-refractivity contribution in [3.05, 3.63) is 11.6 Å². The molecule has 2 amide bonds. The molecule has 1 aliphatic carbocycles. The summed E-state index contributed by atoms with van der Waals surface area (Å²) in [5.74, 6) is 3.57. The van der Waals surface area contributed by atoms with Crippen LogP contribution in [0.15, 0.2) is 0 Å². The summed E-state index contributed by atoms with van der Waals surface area (Å²) in [7, 11) is 0. The number of urea groups is 1. The summed E-state index contributed by atoms with van der Waals surface area (Å²) in [6.07, 6.45) is 10.1. The Balaban J connectivity index is 1.37. The molecule has 6 nitrogen and oxygen atoms in total. The molecule has 1 aliphatic heterocycles. The van der Waals surface area contributed by atoms with E-state index in [1.54, 1.807) is 0 Å². The van der Waals surface area contributed by atoms with Gasteiger partial charge in [-0.2, -0.15) is 0 Å². The lowest BCUT2D eigenvalue weighted by Crippen LogP contribution is -2.47. The third kappa shape index (κ3) is 4.95. The Kier molecular flexibility index (Phi) is 6.32. The van der Waals surface area contributed by atoms with E-state index < -0.39 is 0 Å². The van der Waals surface area contributed by atoms with Crippen molar-refractivity contribution in [3.63, 3.8) is 0 Å². The first-order valence-corrected chi connectivity index (χ1v) is 10.1. The first-order valence-electron chi connectivity index (χ1n) is 10.1. The van der Waals surface area contributed by atoms with E-state index in [1.807, 2.05) is 0 Å². The summed E-state index contributed by atoms with van der Waals surface area (Å²) in [6.45, 7) is 6.28. The molecule has 6 heteroatoms. The smallest absolute Gasteiger partial charge is 0.315 e. The van der Waals surface area contributed by atoms with Crippen molar-refractivity contribution >= 4 is 6.03 Å². The van der Waals surface area contributed by atoms with Gasteiger partial charge < -0.3 is 15.2 Å². The molecule has 0 bridgehead atoms. The molecule has 1 saturated carbocycles. The number of carbonyl (C=O) groups excluding carboxylic acids is 1. The minimum atomic E-state index is -0.0218. The SMILES string of the molecule is C[C@@H]1CC[C@@H](NC(=O)NCCCc2nnc3n2CCCCC3)[C@@H](C)C1. The first-order chi connectivity index (χ1) is 12.1. The average Bonchev–Trinajstić information content (AvgIpc) is 2.81. The molecule has 2 aliphatic rings. The van der Waals surface area contributed by atoms with Crippen LogP contribution in [0.1, 0.15) is 70.4 Å². The molecule has 0 saturated heterocycles. The Morgan fingerprint density at radius 3 is 2.92 bits per heavy atom. The molecule has 0 unspecified atom stereocenters. The third-order valence-corrected chi connectivity index (χ3v) is 5.80. The van der Waals surface area contributed by atoms with E-state index in [9.17, 15) is 4.79 Å². The van der Waals surface area contributed by atoms with Gasteiger partial charge in [0.25, 0.3) is 0 Å². The predicted molar refractivity (Wildman–Crippen MR) is 98.4 cm³/mol. The Morgan fingerprint density at radius 1 is 1.20 bits per heavy atom. The van der Waals surface area contributed by atoms with E-state index in [-0.39, 0.29) is 6.03 Å². The summed E-state index contributed by atoms with van der Waals surface area (Å²) in [4.78, 5) is 12.1. The number of fused-ring (bicyclic) bond motifs is 1. The fourth-order valence-electron chi connectivity index (χ4n) is 4.28. The third-order valence-electron chi connectivity index (χ3n) is 5.80. The quantitative estimate of drug-likeness (QED) is 0.804. The van der Waals surface area contributed by atoms with Crippen LogP contribution in [0.4, 0.5) is 4.79 Å². The fraction of sp³-hybridized carbons (Fsp3) is 0.842. The second-order valence-electron chi connectivity index (χ2n) is 8.00. The second kappa shape index (κ2) is 8.68. The molecule has 0 spiro atoms. The number of aromatic nitrogens is 3. The Morgan fingerprint density at radius 2 is 2.08 bits per heavy atom. The van der Waals surface area contributed by atoms with Crippen LogP contribution < -0.4 is 10.6 Å². The van der Waals surface area contributed by atoms with Gasteiger partial charge in [0.2, 0.25) is 0 Å². The van der Waals surface area contributed by atoms with Crippen LogP contribution in [0.3, 0.4) is 0 Å². The van der Waals surface area contributed by atoms with E-state index in [4.69, 9.17) is 0 Å². The van der Waals surface area contributed by atoms with Gasteiger partial charge in [-0.25, -0.2) is 4.79 Å². The van der Waals surface area contributed by atoms with Gasteiger partial charge in [0, 0.05) is 32.0 Å². The summed E-state index contributed by atoms with van der Waals surface area (Å²) in [6, 6.07) is 0.301. The molecule has 3 rings (SSSR count). The van der Waals surface area contributed by atoms with E-state index in [1.165, 1.54) is 32.1 Å². The summed E-state index contributed by atoms with van der Waals surface area (Å²) in [5, 5.41) is 14.9. The van der Waals surface area contributed by atoms with E-state index in [0.29, 0.717) is 18.5 Å². The number of carbonyl (C=O) groups is 1. The molecule has 0 radical (unpaired) electrons. The fourth-order valence-corrected chi connectivity index (χ4v) is 4.28. The van der Waals surface area contributed by atoms with Gasteiger partial charge in [-0.15, -0.1) is 10.2 Å². The molecular weight excluding hydrogens is 314 g/mol. The summed E-state index contributed by atoms with van der Waals surface area (Å²) < 4.78 is 2.29. The van der Waals surface area contributed by atoms with Gasteiger partial charge in [0.1, 0.15) is 11.6 Å². The molecule has 140 valence electrons. The van der Waals surface area contributed by atoms with Gasteiger partial charge in [0.15, 0.2) is 0 Å². The zero-order valence-electron chi connectivity index (χ0n) is 15.8. The standard InChI is InChI=1S/C19H33N5O/c1-14-9-10-16(15(2)13-14)21-19(25)20-11-6-8-18-23-22-17-7-4-3-5-12-24(17)18/h14-16H,3-13H2,1-2H3,(H2,20,21,25)/t14-,15+,16-/m1/s1. The van der Waals surface area contributed by atoms with Crippen LogP contribution in [0.25, 0.3) is 0 Å². The Bertz CT molecular complexity index is 570. The van der Waals surface area contributed by atoms with Crippen LogP contribution in [-0.2, 0) is 19.4 Å². The molecule has 1 aromatic rings. The topological polar surface area (TPSA) is 71.8 Å². The average molecular weight is 348 g/mol. The maximum Gasteiger partial charge on any atom is 0.315 e. The highest BCUT2D eigenvalue weighted by atomic mass is 16.2. The van der Waals surface area contributed by atoms with Gasteiger partial charge in [-0.05, 0) is 50.4 Å². The lowest BCUT2D eigenvalue weighted by atomic mass is 9.80. The molecule has 2 heterocycles. The number of amides is 2. The number of nitrogens with one attached hydrogen (secondary N) is 2. The van der Waals surface area contributed by atoms with Crippen molar-refractivity contribution in [2.45, 2.75) is 84.2 Å². The largest absolute Gasteiger partial charge is 0.338 e. The number of aryl methyl sites for hydroxylation is 2. The maximum absolute atomic E-state index is 12.1. The van der Waals surface area contributed by atoms with Crippen LogP contribution in [0.2, 0.25) is 0 Å². The minimum Gasteiger partial charge on any atom is -0.338 e. The summed E-state index contributed by atoms with van der Waals surface area (Å²) in [5.41, 5.74) is 0. The van der Waals surface area contributed by atoms with Crippen LogP contribution >= 0.6 is 0 Å². The highest BCUT2D eigenvalue weighted by Crippen LogP contribution is 2.28. The molecule has 0 aromatic carbocycles. The van der Waals surface area contributed by atoms with Crippen molar-refractivity contribution in [3.8, 4) is 0 Å². The molecule has 1 aromatic heterocycles. The van der Waals surface area contributed by atoms with Crippen molar-refractivity contribution < 1.29 is 4.79 Å². The van der Waals surface area contributed by atoms with Crippen LogP contribution in [0.5, 0.6) is 0 Å². The number of hydrogen-bond acceptors (Lipinski definition) is 3. The van der Waals surface area contributed by atoms with E-state index >= 15 is 0 Å². The van der Waals surface area contributed by atoms with E-state index in [0.717, 1.165) is 49.8 Å². The van der Waals surface area contributed by atoms with Gasteiger partial charge >= 0.3 is 6.03 Å². The van der Waals surface area contributed by atoms with Crippen LogP contribution in [-0.4, -0.2) is 33.4 Å². The number of nitrogens with zero attached hydrogens (tertiary/aromatic N) is 3. The van der Waals surface area contributed by atoms with Gasteiger partial charge in [-0.1, -0.05) is 20.3 Å². The Hall–Kier alpha value is -1.59. The van der Waals surface area contributed by atoms with Crippen LogP contribution in [0, 0.1) is 11.8 Å². The first kappa shape index (κ1) is 18.2. The van der Waals surface area contributed by atoms with Gasteiger partial charge in [-0.3, -0.25) is 0 Å². The zero-order valence-corrected chi connectivity index (χ0v) is 15.8. The molecular formula is C19H33N5O. The summed E-state index contributed by atoms with van der Waals surface area (Å²) >= 11 is 0. The number of rotatable bonds is 5. The van der Waals surface area contributed by atoms with Gasteiger partial charge in [0.05, 0.1) is 0 Å². The maximum atomic E-state index is 12.1. The second-order valence-corrected chi connectivity index (χ2v) is 8.00. The van der Waals surface area contributed by atoms with Crippen molar-refractivity contribution in [2.75, 3.05) is 6.54 Å². The monoisotopic (exact) mass is 347 g/mol. The molecule has 2 N–H and O–H groups in total. The predicted octanol–water partition coefficient (Wildman–Crippen LogP) is 3.06. The molecule has 1 fully saturated rings. The molecule has 25 heavy (non-hydrogen) atoms. The Labute approximate surface area is 151 Å². The lowest BCUT2D eigenvalue weighted by molar-refractivity contribution is 0.206. The van der Waals surface area contributed by atoms with Crippen molar-refractivity contribution in [1.29, 1.82) is 0 Å². The molecule has 3 atom stereocenters.